The summed E-state index contributed by atoms with van der Waals surface area (Å²) < 4.78 is 4.04. The quantitative estimate of drug-likeness (QED) is 0.411. The Morgan fingerprint density at radius 2 is 2.04 bits per heavy atom. The smallest absolute Gasteiger partial charge is 0.192 e. The standard InChI is InChI=1S/C17H27N7.HI/c1-13-21-22-16(24(13)3)11-19-17(20-15-6-4-5-7-15)18-10-14-8-9-23(2)12-14;/h8-9,12,15H,4-7,10-11H2,1-3H3,(H2,18,19,20);1H. The van der Waals surface area contributed by atoms with Gasteiger partial charge < -0.3 is 19.8 Å². The van der Waals surface area contributed by atoms with Crippen molar-refractivity contribution in [1.29, 1.82) is 0 Å². The molecular weight excluding hydrogens is 429 g/mol. The van der Waals surface area contributed by atoms with E-state index in [1.165, 1.54) is 31.2 Å². The maximum atomic E-state index is 4.75. The van der Waals surface area contributed by atoms with Crippen molar-refractivity contribution in [3.8, 4) is 0 Å². The molecule has 2 aromatic heterocycles. The molecule has 2 aromatic rings. The summed E-state index contributed by atoms with van der Waals surface area (Å²) in [7, 11) is 4.01. The lowest BCUT2D eigenvalue weighted by atomic mass is 10.2. The normalized spacial score (nSPS) is 15.2. The zero-order valence-electron chi connectivity index (χ0n) is 15.2. The van der Waals surface area contributed by atoms with Crippen LogP contribution in [0, 0.1) is 6.92 Å². The SMILES string of the molecule is Cc1nnc(CNC(=NCc2ccn(C)c2)NC2CCCC2)n1C.I. The maximum Gasteiger partial charge on any atom is 0.192 e. The number of aromatic nitrogens is 4. The molecule has 0 atom stereocenters. The van der Waals surface area contributed by atoms with E-state index in [1.54, 1.807) is 0 Å². The van der Waals surface area contributed by atoms with Crippen molar-refractivity contribution in [3.05, 3.63) is 35.7 Å². The lowest BCUT2D eigenvalue weighted by Crippen LogP contribution is -2.42. The first-order chi connectivity index (χ1) is 11.6. The molecule has 0 aliphatic heterocycles. The monoisotopic (exact) mass is 457 g/mol. The molecule has 8 heteroatoms. The fraction of sp³-hybridized carbons (Fsp3) is 0.588. The molecule has 0 spiro atoms. The van der Waals surface area contributed by atoms with Crippen LogP contribution in [0.15, 0.2) is 23.5 Å². The minimum absolute atomic E-state index is 0. The average Bonchev–Trinajstić information content (AvgIpc) is 3.28. The number of aryl methyl sites for hydroxylation is 2. The number of aliphatic imine (C=N–C) groups is 1. The van der Waals surface area contributed by atoms with Crippen molar-refractivity contribution in [2.45, 2.75) is 51.7 Å². The first kappa shape index (κ1) is 19.7. The molecule has 25 heavy (non-hydrogen) atoms. The lowest BCUT2D eigenvalue weighted by molar-refractivity contribution is 0.606. The molecule has 0 bridgehead atoms. The summed E-state index contributed by atoms with van der Waals surface area (Å²) in [6.07, 6.45) is 9.18. The highest BCUT2D eigenvalue weighted by Crippen LogP contribution is 2.17. The van der Waals surface area contributed by atoms with Crippen molar-refractivity contribution in [1.82, 2.24) is 30.0 Å². The predicted octanol–water partition coefficient (Wildman–Crippen LogP) is 2.26. The van der Waals surface area contributed by atoms with Crippen LogP contribution in [0.2, 0.25) is 0 Å². The van der Waals surface area contributed by atoms with Crippen molar-refractivity contribution < 1.29 is 0 Å². The predicted molar refractivity (Wildman–Crippen MR) is 110 cm³/mol. The van der Waals surface area contributed by atoms with Gasteiger partial charge in [-0.15, -0.1) is 34.2 Å². The number of rotatable bonds is 5. The van der Waals surface area contributed by atoms with Crippen LogP contribution in [-0.4, -0.2) is 31.3 Å². The summed E-state index contributed by atoms with van der Waals surface area (Å²) in [6.45, 7) is 3.24. The number of halogens is 1. The Balaban J connectivity index is 0.00000225. The van der Waals surface area contributed by atoms with E-state index in [0.717, 1.165) is 17.6 Å². The van der Waals surface area contributed by atoms with E-state index in [4.69, 9.17) is 4.99 Å². The number of guanidine groups is 1. The van der Waals surface area contributed by atoms with Crippen LogP contribution in [0.3, 0.4) is 0 Å². The summed E-state index contributed by atoms with van der Waals surface area (Å²) in [4.78, 5) is 4.75. The van der Waals surface area contributed by atoms with E-state index in [0.29, 0.717) is 19.1 Å². The molecule has 1 fully saturated rings. The fourth-order valence-electron chi connectivity index (χ4n) is 3.01. The number of hydrogen-bond donors (Lipinski definition) is 2. The van der Waals surface area contributed by atoms with E-state index in [2.05, 4.69) is 33.1 Å². The molecule has 7 nitrogen and oxygen atoms in total. The largest absolute Gasteiger partial charge is 0.357 e. The second-order valence-electron chi connectivity index (χ2n) is 6.55. The number of nitrogens with zero attached hydrogens (tertiary/aromatic N) is 5. The third-order valence-electron chi connectivity index (χ3n) is 4.61. The molecule has 2 N–H and O–H groups in total. The van der Waals surface area contributed by atoms with Crippen LogP contribution in [0.5, 0.6) is 0 Å². The van der Waals surface area contributed by atoms with E-state index in [9.17, 15) is 0 Å². The fourth-order valence-corrected chi connectivity index (χ4v) is 3.01. The summed E-state index contributed by atoms with van der Waals surface area (Å²) >= 11 is 0. The Bertz CT molecular complexity index is 698. The lowest BCUT2D eigenvalue weighted by Gasteiger charge is -2.17. The molecule has 2 heterocycles. The van der Waals surface area contributed by atoms with Gasteiger partial charge in [0, 0.05) is 32.5 Å². The number of nitrogens with one attached hydrogen (secondary N) is 2. The minimum atomic E-state index is 0. The van der Waals surface area contributed by atoms with Gasteiger partial charge in [-0.05, 0) is 31.4 Å². The molecule has 0 unspecified atom stereocenters. The van der Waals surface area contributed by atoms with Crippen molar-refractivity contribution >= 4 is 29.9 Å². The first-order valence-electron chi connectivity index (χ1n) is 8.62. The second kappa shape index (κ2) is 9.21. The van der Waals surface area contributed by atoms with Gasteiger partial charge in [-0.3, -0.25) is 0 Å². The molecule has 1 aliphatic rings. The van der Waals surface area contributed by atoms with Crippen LogP contribution in [0.25, 0.3) is 0 Å². The van der Waals surface area contributed by atoms with Gasteiger partial charge in [0.05, 0.1) is 13.1 Å². The zero-order valence-corrected chi connectivity index (χ0v) is 17.5. The minimum Gasteiger partial charge on any atom is -0.357 e. The summed E-state index contributed by atoms with van der Waals surface area (Å²) in [5, 5.41) is 15.3. The summed E-state index contributed by atoms with van der Waals surface area (Å²) in [5.41, 5.74) is 1.21. The van der Waals surface area contributed by atoms with Gasteiger partial charge in [-0.25, -0.2) is 4.99 Å². The molecule has 0 amide bonds. The van der Waals surface area contributed by atoms with Gasteiger partial charge in [0.2, 0.25) is 0 Å². The van der Waals surface area contributed by atoms with Crippen molar-refractivity contribution in [2.75, 3.05) is 0 Å². The van der Waals surface area contributed by atoms with Crippen LogP contribution < -0.4 is 10.6 Å². The highest BCUT2D eigenvalue weighted by Gasteiger charge is 2.16. The molecular formula is C17H28IN7. The average molecular weight is 457 g/mol. The van der Waals surface area contributed by atoms with E-state index in [-0.39, 0.29) is 24.0 Å². The summed E-state index contributed by atoms with van der Waals surface area (Å²) in [6, 6.07) is 2.62. The van der Waals surface area contributed by atoms with Crippen LogP contribution in [0.4, 0.5) is 0 Å². The summed E-state index contributed by atoms with van der Waals surface area (Å²) in [5.74, 6) is 2.68. The highest BCUT2D eigenvalue weighted by molar-refractivity contribution is 14.0. The highest BCUT2D eigenvalue weighted by atomic mass is 127. The maximum absolute atomic E-state index is 4.75. The zero-order chi connectivity index (χ0) is 16.9. The topological polar surface area (TPSA) is 72.1 Å². The Morgan fingerprint density at radius 3 is 2.64 bits per heavy atom. The van der Waals surface area contributed by atoms with E-state index < -0.39 is 0 Å². The van der Waals surface area contributed by atoms with Gasteiger partial charge in [-0.1, -0.05) is 12.8 Å². The Labute approximate surface area is 166 Å². The van der Waals surface area contributed by atoms with E-state index in [1.807, 2.05) is 36.4 Å². The Hall–Kier alpha value is -1.58. The van der Waals surface area contributed by atoms with Crippen LogP contribution in [0.1, 0.15) is 42.9 Å². The third kappa shape index (κ3) is 5.45. The molecule has 1 saturated carbocycles. The van der Waals surface area contributed by atoms with Crippen molar-refractivity contribution in [2.24, 2.45) is 19.1 Å². The van der Waals surface area contributed by atoms with Crippen LogP contribution in [-0.2, 0) is 27.2 Å². The van der Waals surface area contributed by atoms with Gasteiger partial charge in [-0.2, -0.15) is 0 Å². The van der Waals surface area contributed by atoms with Crippen molar-refractivity contribution in [3.63, 3.8) is 0 Å². The second-order valence-corrected chi connectivity index (χ2v) is 6.55. The molecule has 3 rings (SSSR count). The van der Waals surface area contributed by atoms with Crippen LogP contribution >= 0.6 is 24.0 Å². The molecule has 0 aromatic carbocycles. The van der Waals surface area contributed by atoms with Gasteiger partial charge in [0.15, 0.2) is 11.8 Å². The molecule has 138 valence electrons. The van der Waals surface area contributed by atoms with Gasteiger partial charge in [0.1, 0.15) is 5.82 Å². The third-order valence-corrected chi connectivity index (χ3v) is 4.61. The Morgan fingerprint density at radius 1 is 1.28 bits per heavy atom. The number of hydrogen-bond acceptors (Lipinski definition) is 3. The molecule has 1 aliphatic carbocycles. The molecule has 0 saturated heterocycles. The first-order valence-corrected chi connectivity index (χ1v) is 8.62. The van der Waals surface area contributed by atoms with Gasteiger partial charge in [0.25, 0.3) is 0 Å². The Kier molecular flexibility index (Phi) is 7.27. The van der Waals surface area contributed by atoms with E-state index >= 15 is 0 Å². The molecule has 0 radical (unpaired) electrons. The van der Waals surface area contributed by atoms with Gasteiger partial charge >= 0.3 is 0 Å².